The second-order valence-electron chi connectivity index (χ2n) is 7.88. The first-order valence-corrected chi connectivity index (χ1v) is 9.26. The summed E-state index contributed by atoms with van der Waals surface area (Å²) in [4.78, 5) is 2.65. The van der Waals surface area contributed by atoms with Gasteiger partial charge in [-0.3, -0.25) is 4.90 Å². The van der Waals surface area contributed by atoms with Gasteiger partial charge in [0.25, 0.3) is 0 Å². The summed E-state index contributed by atoms with van der Waals surface area (Å²) in [5.41, 5.74) is 1.65. The zero-order valence-corrected chi connectivity index (χ0v) is 15.4. The number of nitrogens with one attached hydrogen (secondary N) is 1. The highest BCUT2D eigenvalue weighted by atomic mass is 16.5. The van der Waals surface area contributed by atoms with Crippen LogP contribution in [-0.2, 0) is 6.54 Å². The van der Waals surface area contributed by atoms with E-state index in [9.17, 15) is 0 Å². The van der Waals surface area contributed by atoms with E-state index in [0.29, 0.717) is 5.41 Å². The summed E-state index contributed by atoms with van der Waals surface area (Å²) in [7, 11) is 3.45. The molecule has 0 aromatic heterocycles. The van der Waals surface area contributed by atoms with Gasteiger partial charge in [-0.1, -0.05) is 19.4 Å². The minimum atomic E-state index is 0.392. The van der Waals surface area contributed by atoms with Crippen molar-refractivity contribution in [2.24, 2.45) is 11.3 Å². The van der Waals surface area contributed by atoms with Crippen LogP contribution >= 0.6 is 0 Å². The Morgan fingerprint density at radius 2 is 2.08 bits per heavy atom. The topological polar surface area (TPSA) is 33.7 Å². The molecule has 1 heterocycles. The Morgan fingerprint density at radius 1 is 1.25 bits per heavy atom. The van der Waals surface area contributed by atoms with E-state index in [1.807, 2.05) is 12.1 Å². The highest BCUT2D eigenvalue weighted by Crippen LogP contribution is 2.33. The normalized spacial score (nSPS) is 24.2. The van der Waals surface area contributed by atoms with Gasteiger partial charge in [-0.05, 0) is 43.2 Å². The van der Waals surface area contributed by atoms with Crippen LogP contribution in [0.2, 0.25) is 0 Å². The van der Waals surface area contributed by atoms with Gasteiger partial charge in [0, 0.05) is 37.8 Å². The highest BCUT2D eigenvalue weighted by molar-refractivity contribution is 5.40. The zero-order chi connectivity index (χ0) is 17.0. The molecule has 0 radical (unpaired) electrons. The molecular formula is C20H32N2O2. The maximum absolute atomic E-state index is 5.61. The van der Waals surface area contributed by atoms with Crippen molar-refractivity contribution < 1.29 is 9.47 Å². The Hall–Kier alpha value is -1.26. The summed E-state index contributed by atoms with van der Waals surface area (Å²) in [6.45, 7) is 8.04. The quantitative estimate of drug-likeness (QED) is 0.792. The van der Waals surface area contributed by atoms with E-state index in [4.69, 9.17) is 9.47 Å². The van der Waals surface area contributed by atoms with Crippen LogP contribution in [0.1, 0.15) is 38.2 Å². The Kier molecular flexibility index (Phi) is 5.67. The van der Waals surface area contributed by atoms with E-state index in [-0.39, 0.29) is 0 Å². The molecule has 3 rings (SSSR count). The number of benzene rings is 1. The van der Waals surface area contributed by atoms with Crippen LogP contribution in [-0.4, -0.2) is 45.3 Å². The van der Waals surface area contributed by atoms with E-state index >= 15 is 0 Å². The van der Waals surface area contributed by atoms with E-state index in [1.54, 1.807) is 14.2 Å². The van der Waals surface area contributed by atoms with Gasteiger partial charge >= 0.3 is 0 Å². The summed E-state index contributed by atoms with van der Waals surface area (Å²) in [6, 6.07) is 6.19. The highest BCUT2D eigenvalue weighted by Gasteiger charge is 2.32. The summed E-state index contributed by atoms with van der Waals surface area (Å²) in [6.07, 6.45) is 5.47. The lowest BCUT2D eigenvalue weighted by atomic mass is 9.83. The van der Waals surface area contributed by atoms with Gasteiger partial charge in [-0.15, -0.1) is 0 Å². The third-order valence-corrected chi connectivity index (χ3v) is 5.69. The maximum atomic E-state index is 5.61. The molecule has 0 amide bonds. The standard InChI is InChI=1S/C20H32N2O2/c1-20(9-10-21-14-20)15-22(12-16-5-4-6-16)13-17-7-8-18(23-2)11-19(17)24-3/h7-8,11,16,21H,4-6,9-10,12-15H2,1-3H3. The molecule has 1 aliphatic heterocycles. The lowest BCUT2D eigenvalue weighted by Gasteiger charge is -2.37. The zero-order valence-electron chi connectivity index (χ0n) is 15.4. The average molecular weight is 332 g/mol. The Bertz CT molecular complexity index is 536. The smallest absolute Gasteiger partial charge is 0.127 e. The Morgan fingerprint density at radius 3 is 2.67 bits per heavy atom. The first-order chi connectivity index (χ1) is 11.6. The van der Waals surface area contributed by atoms with Crippen molar-refractivity contribution in [1.82, 2.24) is 10.2 Å². The molecule has 1 aliphatic carbocycles. The molecule has 1 atom stereocenters. The van der Waals surface area contributed by atoms with Crippen LogP contribution in [0.3, 0.4) is 0 Å². The van der Waals surface area contributed by atoms with Crippen molar-refractivity contribution in [2.45, 2.75) is 39.2 Å². The van der Waals surface area contributed by atoms with Gasteiger partial charge in [0.15, 0.2) is 0 Å². The second kappa shape index (κ2) is 7.75. The van der Waals surface area contributed by atoms with Gasteiger partial charge in [0.05, 0.1) is 14.2 Å². The summed E-state index contributed by atoms with van der Waals surface area (Å²) < 4.78 is 10.9. The fraction of sp³-hybridized carbons (Fsp3) is 0.700. The number of hydrogen-bond acceptors (Lipinski definition) is 4. The van der Waals surface area contributed by atoms with Crippen LogP contribution in [0, 0.1) is 11.3 Å². The number of nitrogens with zero attached hydrogens (tertiary/aromatic N) is 1. The van der Waals surface area contributed by atoms with Crippen LogP contribution in [0.25, 0.3) is 0 Å². The fourth-order valence-electron chi connectivity index (χ4n) is 3.99. The first kappa shape index (κ1) is 17.6. The van der Waals surface area contributed by atoms with Gasteiger partial charge in [-0.25, -0.2) is 0 Å². The van der Waals surface area contributed by atoms with Crippen LogP contribution < -0.4 is 14.8 Å². The number of methoxy groups -OCH3 is 2. The predicted octanol–water partition coefficient (Wildman–Crippen LogP) is 3.31. The molecule has 134 valence electrons. The molecule has 1 aromatic carbocycles. The van der Waals surface area contributed by atoms with Crippen molar-refractivity contribution in [3.05, 3.63) is 23.8 Å². The van der Waals surface area contributed by atoms with E-state index < -0.39 is 0 Å². The minimum absolute atomic E-state index is 0.392. The van der Waals surface area contributed by atoms with Crippen LogP contribution in [0.15, 0.2) is 18.2 Å². The van der Waals surface area contributed by atoms with Gasteiger partial charge in [-0.2, -0.15) is 0 Å². The summed E-state index contributed by atoms with van der Waals surface area (Å²) in [5, 5.41) is 3.53. The molecule has 4 heteroatoms. The molecule has 0 bridgehead atoms. The molecular weight excluding hydrogens is 300 g/mol. The monoisotopic (exact) mass is 332 g/mol. The molecule has 24 heavy (non-hydrogen) atoms. The summed E-state index contributed by atoms with van der Waals surface area (Å²) >= 11 is 0. The fourth-order valence-corrected chi connectivity index (χ4v) is 3.99. The van der Waals surface area contributed by atoms with Crippen LogP contribution in [0.5, 0.6) is 11.5 Å². The van der Waals surface area contributed by atoms with Crippen molar-refractivity contribution in [1.29, 1.82) is 0 Å². The van der Waals surface area contributed by atoms with Gasteiger partial charge in [0.2, 0.25) is 0 Å². The lowest BCUT2D eigenvalue weighted by Crippen LogP contribution is -2.40. The molecule has 1 aromatic rings. The Labute approximate surface area is 146 Å². The van der Waals surface area contributed by atoms with E-state index in [1.165, 1.54) is 37.8 Å². The molecule has 0 spiro atoms. The van der Waals surface area contributed by atoms with Crippen molar-refractivity contribution in [2.75, 3.05) is 40.4 Å². The molecule has 1 unspecified atom stereocenters. The maximum Gasteiger partial charge on any atom is 0.127 e. The molecule has 1 N–H and O–H groups in total. The predicted molar refractivity (Wildman–Crippen MR) is 97.8 cm³/mol. The molecule has 2 aliphatic rings. The average Bonchev–Trinajstić information content (AvgIpc) is 2.97. The number of ether oxygens (including phenoxy) is 2. The number of hydrogen-bond donors (Lipinski definition) is 1. The third-order valence-electron chi connectivity index (χ3n) is 5.69. The van der Waals surface area contributed by atoms with Crippen LogP contribution in [0.4, 0.5) is 0 Å². The second-order valence-corrected chi connectivity index (χ2v) is 7.88. The SMILES string of the molecule is COc1ccc(CN(CC2CCC2)CC2(C)CCNC2)c(OC)c1. The van der Waals surface area contributed by atoms with Crippen molar-refractivity contribution in [3.63, 3.8) is 0 Å². The lowest BCUT2D eigenvalue weighted by molar-refractivity contribution is 0.121. The van der Waals surface area contributed by atoms with E-state index in [0.717, 1.165) is 43.6 Å². The van der Waals surface area contributed by atoms with Crippen molar-refractivity contribution >= 4 is 0 Å². The largest absolute Gasteiger partial charge is 0.497 e. The van der Waals surface area contributed by atoms with Gasteiger partial charge < -0.3 is 14.8 Å². The van der Waals surface area contributed by atoms with E-state index in [2.05, 4.69) is 23.2 Å². The molecule has 1 saturated carbocycles. The molecule has 2 fully saturated rings. The van der Waals surface area contributed by atoms with Gasteiger partial charge in [0.1, 0.15) is 11.5 Å². The number of rotatable bonds is 8. The first-order valence-electron chi connectivity index (χ1n) is 9.26. The van der Waals surface area contributed by atoms with Crippen molar-refractivity contribution in [3.8, 4) is 11.5 Å². The minimum Gasteiger partial charge on any atom is -0.497 e. The molecule has 1 saturated heterocycles. The molecule has 4 nitrogen and oxygen atoms in total. The summed E-state index contributed by atoms with van der Waals surface area (Å²) in [5.74, 6) is 2.67. The third kappa shape index (κ3) is 4.22. The Balaban J connectivity index is 1.72.